The van der Waals surface area contributed by atoms with Crippen molar-refractivity contribution in [1.82, 2.24) is 15.1 Å². The summed E-state index contributed by atoms with van der Waals surface area (Å²) in [5, 5.41) is 3.53. The molecule has 2 heterocycles. The zero-order chi connectivity index (χ0) is 14.5. The van der Waals surface area contributed by atoms with Crippen LogP contribution in [0.25, 0.3) is 0 Å². The first kappa shape index (κ1) is 15.8. The van der Waals surface area contributed by atoms with Crippen LogP contribution in [-0.4, -0.2) is 54.1 Å². The summed E-state index contributed by atoms with van der Waals surface area (Å²) in [5.41, 5.74) is 0. The topological polar surface area (TPSA) is 35.6 Å². The lowest BCUT2D eigenvalue weighted by molar-refractivity contribution is -0.130. The van der Waals surface area contributed by atoms with E-state index in [0.717, 1.165) is 32.4 Å². The van der Waals surface area contributed by atoms with Crippen molar-refractivity contribution in [2.45, 2.75) is 65.1 Å². The monoisotopic (exact) mass is 281 g/mol. The van der Waals surface area contributed by atoms with Crippen LogP contribution in [-0.2, 0) is 4.79 Å². The van der Waals surface area contributed by atoms with Gasteiger partial charge in [0.2, 0.25) is 5.91 Å². The third kappa shape index (κ3) is 3.73. The Kier molecular flexibility index (Phi) is 5.85. The van der Waals surface area contributed by atoms with Crippen LogP contribution in [0.4, 0.5) is 0 Å². The third-order valence-corrected chi connectivity index (χ3v) is 4.60. The highest BCUT2D eigenvalue weighted by Gasteiger charge is 2.39. The first-order valence-corrected chi connectivity index (χ1v) is 8.42. The van der Waals surface area contributed by atoms with Crippen molar-refractivity contribution in [1.29, 1.82) is 0 Å². The largest absolute Gasteiger partial charge is 0.326 e. The quantitative estimate of drug-likeness (QED) is 0.776. The summed E-state index contributed by atoms with van der Waals surface area (Å²) < 4.78 is 0. The van der Waals surface area contributed by atoms with E-state index in [0.29, 0.717) is 11.8 Å². The molecular weight excluding hydrogens is 250 g/mol. The zero-order valence-corrected chi connectivity index (χ0v) is 13.4. The van der Waals surface area contributed by atoms with Crippen LogP contribution in [0.2, 0.25) is 0 Å². The Labute approximate surface area is 123 Å². The Balaban J connectivity index is 1.83. The van der Waals surface area contributed by atoms with Crippen molar-refractivity contribution < 1.29 is 4.79 Å². The van der Waals surface area contributed by atoms with Crippen LogP contribution in [0, 0.1) is 5.92 Å². The second-order valence-corrected chi connectivity index (χ2v) is 6.63. The molecule has 20 heavy (non-hydrogen) atoms. The number of nitrogens with zero attached hydrogens (tertiary/aromatic N) is 2. The third-order valence-electron chi connectivity index (χ3n) is 4.60. The molecule has 0 aromatic carbocycles. The van der Waals surface area contributed by atoms with E-state index in [9.17, 15) is 4.79 Å². The smallest absolute Gasteiger partial charge is 0.241 e. The Morgan fingerprint density at radius 2 is 1.95 bits per heavy atom. The van der Waals surface area contributed by atoms with Crippen LogP contribution in [0.3, 0.4) is 0 Å². The van der Waals surface area contributed by atoms with Crippen LogP contribution in [0.1, 0.15) is 52.9 Å². The summed E-state index contributed by atoms with van der Waals surface area (Å²) in [6, 6.07) is 0.0262. The van der Waals surface area contributed by atoms with E-state index in [-0.39, 0.29) is 12.2 Å². The maximum absolute atomic E-state index is 12.5. The highest BCUT2D eigenvalue weighted by atomic mass is 16.2. The Morgan fingerprint density at radius 3 is 2.55 bits per heavy atom. The van der Waals surface area contributed by atoms with Crippen LogP contribution >= 0.6 is 0 Å². The standard InChI is InChI=1S/C16H31N3O/c1-4-8-14-17-15(13(2)3)16(20)19(14)12-7-11-18-9-5-6-10-18/h13-15,17H,4-12H2,1-3H3. The molecule has 2 rings (SSSR count). The number of nitrogens with one attached hydrogen (secondary N) is 1. The number of carbonyl (C=O) groups is 1. The maximum Gasteiger partial charge on any atom is 0.241 e. The zero-order valence-electron chi connectivity index (χ0n) is 13.4. The lowest BCUT2D eigenvalue weighted by Gasteiger charge is -2.25. The van der Waals surface area contributed by atoms with Gasteiger partial charge in [0, 0.05) is 6.54 Å². The van der Waals surface area contributed by atoms with Crippen molar-refractivity contribution in [3.05, 3.63) is 0 Å². The van der Waals surface area contributed by atoms with E-state index in [2.05, 4.69) is 35.9 Å². The lowest BCUT2D eigenvalue weighted by Crippen LogP contribution is -2.39. The summed E-state index contributed by atoms with van der Waals surface area (Å²) >= 11 is 0. The van der Waals surface area contributed by atoms with Gasteiger partial charge >= 0.3 is 0 Å². The molecule has 0 radical (unpaired) electrons. The van der Waals surface area contributed by atoms with Gasteiger partial charge in [0.25, 0.3) is 0 Å². The number of rotatable bonds is 7. The second kappa shape index (κ2) is 7.41. The minimum Gasteiger partial charge on any atom is -0.326 e. The highest BCUT2D eigenvalue weighted by molar-refractivity contribution is 5.84. The molecule has 2 fully saturated rings. The maximum atomic E-state index is 12.5. The van der Waals surface area contributed by atoms with Gasteiger partial charge in [0.1, 0.15) is 0 Å². The SMILES string of the molecule is CCCC1NC(C(C)C)C(=O)N1CCCN1CCCC1. The molecule has 2 saturated heterocycles. The van der Waals surface area contributed by atoms with Gasteiger partial charge in [-0.15, -0.1) is 0 Å². The first-order valence-electron chi connectivity index (χ1n) is 8.42. The second-order valence-electron chi connectivity index (χ2n) is 6.63. The van der Waals surface area contributed by atoms with Gasteiger partial charge in [0.15, 0.2) is 0 Å². The molecule has 0 aromatic heterocycles. The molecule has 2 unspecified atom stereocenters. The Morgan fingerprint density at radius 1 is 1.25 bits per heavy atom. The number of hydrogen-bond donors (Lipinski definition) is 1. The van der Waals surface area contributed by atoms with E-state index in [1.807, 2.05) is 0 Å². The van der Waals surface area contributed by atoms with E-state index in [1.54, 1.807) is 0 Å². The van der Waals surface area contributed by atoms with Crippen molar-refractivity contribution in [3.63, 3.8) is 0 Å². The lowest BCUT2D eigenvalue weighted by atomic mass is 10.1. The molecule has 2 aliphatic rings. The van der Waals surface area contributed by atoms with Crippen molar-refractivity contribution >= 4 is 5.91 Å². The Bertz CT molecular complexity index is 313. The summed E-state index contributed by atoms with van der Waals surface area (Å²) in [7, 11) is 0. The van der Waals surface area contributed by atoms with Crippen LogP contribution in [0.5, 0.6) is 0 Å². The highest BCUT2D eigenvalue weighted by Crippen LogP contribution is 2.20. The van der Waals surface area contributed by atoms with Gasteiger partial charge in [0.05, 0.1) is 12.2 Å². The predicted molar refractivity (Wildman–Crippen MR) is 82.5 cm³/mol. The Hall–Kier alpha value is -0.610. The molecule has 4 nitrogen and oxygen atoms in total. The summed E-state index contributed by atoms with van der Waals surface area (Å²) in [6.07, 6.45) is 6.25. The number of amides is 1. The fourth-order valence-corrected chi connectivity index (χ4v) is 3.43. The molecule has 0 aliphatic carbocycles. The molecule has 0 bridgehead atoms. The van der Waals surface area contributed by atoms with Gasteiger partial charge in [-0.25, -0.2) is 0 Å². The fourth-order valence-electron chi connectivity index (χ4n) is 3.43. The number of carbonyl (C=O) groups excluding carboxylic acids is 1. The number of likely N-dealkylation sites (tertiary alicyclic amines) is 1. The normalized spacial score (nSPS) is 28.0. The average Bonchev–Trinajstić information content (AvgIpc) is 3.01. The average molecular weight is 281 g/mol. The van der Waals surface area contributed by atoms with Crippen molar-refractivity contribution in [2.75, 3.05) is 26.2 Å². The van der Waals surface area contributed by atoms with E-state index >= 15 is 0 Å². The molecular formula is C16H31N3O. The van der Waals surface area contributed by atoms with E-state index in [1.165, 1.54) is 25.9 Å². The summed E-state index contributed by atoms with van der Waals surface area (Å²) in [5.74, 6) is 0.699. The van der Waals surface area contributed by atoms with Gasteiger partial charge in [-0.1, -0.05) is 27.2 Å². The van der Waals surface area contributed by atoms with Crippen molar-refractivity contribution in [2.24, 2.45) is 5.92 Å². The van der Waals surface area contributed by atoms with E-state index < -0.39 is 0 Å². The van der Waals surface area contributed by atoms with Gasteiger partial charge in [-0.05, 0) is 51.2 Å². The van der Waals surface area contributed by atoms with Gasteiger partial charge in [-0.2, -0.15) is 0 Å². The molecule has 1 amide bonds. The predicted octanol–water partition coefficient (Wildman–Crippen LogP) is 2.05. The molecule has 2 atom stereocenters. The minimum atomic E-state index is 0.0262. The first-order chi connectivity index (χ1) is 9.63. The summed E-state index contributed by atoms with van der Waals surface area (Å²) in [6.45, 7) is 11.0. The summed E-state index contributed by atoms with van der Waals surface area (Å²) in [4.78, 5) is 17.1. The molecule has 0 spiro atoms. The molecule has 1 N–H and O–H groups in total. The molecule has 2 aliphatic heterocycles. The molecule has 0 saturated carbocycles. The van der Waals surface area contributed by atoms with Gasteiger partial charge < -0.3 is 9.80 Å². The molecule has 0 aromatic rings. The van der Waals surface area contributed by atoms with E-state index in [4.69, 9.17) is 0 Å². The van der Waals surface area contributed by atoms with Crippen molar-refractivity contribution in [3.8, 4) is 0 Å². The van der Waals surface area contributed by atoms with Crippen LogP contribution < -0.4 is 5.32 Å². The fraction of sp³-hybridized carbons (Fsp3) is 0.938. The number of hydrogen-bond acceptors (Lipinski definition) is 3. The van der Waals surface area contributed by atoms with Crippen LogP contribution in [0.15, 0.2) is 0 Å². The molecule has 116 valence electrons. The van der Waals surface area contributed by atoms with Gasteiger partial charge in [-0.3, -0.25) is 10.1 Å². The molecule has 4 heteroatoms. The minimum absolute atomic E-state index is 0.0262.